The molecular formula is C19H15N7. The average molecular weight is 341 g/mol. The molecule has 5 aromatic rings. The number of pyridine rings is 1. The number of hydrogen-bond donors (Lipinski definition) is 0. The van der Waals surface area contributed by atoms with Crippen molar-refractivity contribution in [3.8, 4) is 5.95 Å². The molecule has 0 aliphatic heterocycles. The first-order valence-electron chi connectivity index (χ1n) is 8.30. The third-order valence-electron chi connectivity index (χ3n) is 4.34. The van der Waals surface area contributed by atoms with Gasteiger partial charge in [0, 0.05) is 11.9 Å². The summed E-state index contributed by atoms with van der Waals surface area (Å²) in [6, 6.07) is 12.0. The van der Waals surface area contributed by atoms with Crippen LogP contribution < -0.4 is 0 Å². The van der Waals surface area contributed by atoms with Gasteiger partial charge in [-0.05, 0) is 30.7 Å². The largest absolute Gasteiger partial charge is 0.311 e. The molecule has 26 heavy (non-hydrogen) atoms. The van der Waals surface area contributed by atoms with Gasteiger partial charge in [0.1, 0.15) is 11.8 Å². The number of aromatic nitrogens is 7. The first kappa shape index (κ1) is 14.7. The van der Waals surface area contributed by atoms with Crippen LogP contribution in [0.1, 0.15) is 11.3 Å². The highest BCUT2D eigenvalue weighted by atomic mass is 15.2. The van der Waals surface area contributed by atoms with Gasteiger partial charge in [-0.2, -0.15) is 4.98 Å². The van der Waals surface area contributed by atoms with Crippen molar-refractivity contribution in [3.05, 3.63) is 72.7 Å². The number of aryl methyl sites for hydroxylation is 1. The lowest BCUT2D eigenvalue weighted by atomic mass is 10.2. The molecule has 0 N–H and O–H groups in total. The number of rotatable bonds is 3. The summed E-state index contributed by atoms with van der Waals surface area (Å²) in [6.45, 7) is 2.64. The van der Waals surface area contributed by atoms with Gasteiger partial charge in [-0.25, -0.2) is 15.0 Å². The Bertz CT molecular complexity index is 1220. The maximum atomic E-state index is 4.73. The van der Waals surface area contributed by atoms with Crippen LogP contribution >= 0.6 is 0 Å². The molecule has 0 aliphatic rings. The van der Waals surface area contributed by atoms with Crippen LogP contribution in [0.4, 0.5) is 0 Å². The lowest BCUT2D eigenvalue weighted by Gasteiger charge is -2.06. The standard InChI is InChI=1S/C19H15N7/c1-13-6-7-14(8-20-13)10-25-11-22-16-9-21-19(24-18(16)25)26-12-23-15-4-2-3-5-17(15)26/h2-9,11-12H,10H2,1H3. The molecule has 0 spiro atoms. The van der Waals surface area contributed by atoms with Crippen LogP contribution in [0.3, 0.4) is 0 Å². The summed E-state index contributed by atoms with van der Waals surface area (Å²) in [7, 11) is 0. The zero-order valence-electron chi connectivity index (χ0n) is 14.1. The minimum Gasteiger partial charge on any atom is -0.311 e. The highest BCUT2D eigenvalue weighted by Crippen LogP contribution is 2.18. The van der Waals surface area contributed by atoms with Crippen LogP contribution in [0.2, 0.25) is 0 Å². The smallest absolute Gasteiger partial charge is 0.237 e. The molecule has 5 rings (SSSR count). The van der Waals surface area contributed by atoms with Gasteiger partial charge in [-0.3, -0.25) is 9.55 Å². The molecule has 7 nitrogen and oxygen atoms in total. The fourth-order valence-electron chi connectivity index (χ4n) is 2.99. The first-order chi connectivity index (χ1) is 12.8. The molecule has 0 fully saturated rings. The Hall–Kier alpha value is -3.61. The fourth-order valence-corrected chi connectivity index (χ4v) is 2.99. The van der Waals surface area contributed by atoms with E-state index in [2.05, 4.69) is 26.0 Å². The highest BCUT2D eigenvalue weighted by molar-refractivity contribution is 5.77. The fraction of sp³-hybridized carbons (Fsp3) is 0.105. The van der Waals surface area contributed by atoms with Crippen molar-refractivity contribution in [1.82, 2.24) is 34.1 Å². The van der Waals surface area contributed by atoms with Gasteiger partial charge in [0.25, 0.3) is 0 Å². The van der Waals surface area contributed by atoms with Gasteiger partial charge >= 0.3 is 0 Å². The molecule has 0 saturated carbocycles. The molecule has 0 bridgehead atoms. The lowest BCUT2D eigenvalue weighted by molar-refractivity contribution is 0.803. The summed E-state index contributed by atoms with van der Waals surface area (Å²) in [4.78, 5) is 22.4. The summed E-state index contributed by atoms with van der Waals surface area (Å²) in [5.74, 6) is 0.579. The van der Waals surface area contributed by atoms with Crippen LogP contribution in [-0.4, -0.2) is 34.1 Å². The predicted octanol–water partition coefficient (Wildman–Crippen LogP) is 2.92. The highest BCUT2D eigenvalue weighted by Gasteiger charge is 2.11. The maximum Gasteiger partial charge on any atom is 0.237 e. The minimum atomic E-state index is 0.579. The molecule has 126 valence electrons. The van der Waals surface area contributed by atoms with E-state index >= 15 is 0 Å². The van der Waals surface area contributed by atoms with E-state index in [1.165, 1.54) is 0 Å². The van der Waals surface area contributed by atoms with E-state index < -0.39 is 0 Å². The van der Waals surface area contributed by atoms with Gasteiger partial charge in [0.15, 0.2) is 5.65 Å². The number of para-hydroxylation sites is 2. The molecule has 0 saturated heterocycles. The monoisotopic (exact) mass is 341 g/mol. The third-order valence-corrected chi connectivity index (χ3v) is 4.34. The van der Waals surface area contributed by atoms with E-state index in [1.807, 2.05) is 52.6 Å². The summed E-state index contributed by atoms with van der Waals surface area (Å²) in [5, 5.41) is 0. The Balaban J connectivity index is 1.59. The summed E-state index contributed by atoms with van der Waals surface area (Å²) in [5.41, 5.74) is 5.53. The maximum absolute atomic E-state index is 4.73. The molecule has 7 heteroatoms. The lowest BCUT2D eigenvalue weighted by Crippen LogP contribution is -2.04. The van der Waals surface area contributed by atoms with Crippen molar-refractivity contribution < 1.29 is 0 Å². The normalized spacial score (nSPS) is 11.4. The van der Waals surface area contributed by atoms with Crippen molar-refractivity contribution in [1.29, 1.82) is 0 Å². The number of benzene rings is 1. The topological polar surface area (TPSA) is 74.3 Å². The molecule has 0 radical (unpaired) electrons. The van der Waals surface area contributed by atoms with Crippen molar-refractivity contribution in [2.24, 2.45) is 0 Å². The SMILES string of the molecule is Cc1ccc(Cn2cnc3cnc(-n4cnc5ccccc54)nc32)cn1. The number of imidazole rings is 2. The molecule has 0 unspecified atom stereocenters. The zero-order valence-corrected chi connectivity index (χ0v) is 14.1. The van der Waals surface area contributed by atoms with E-state index in [4.69, 9.17) is 4.98 Å². The van der Waals surface area contributed by atoms with Crippen LogP contribution in [-0.2, 0) is 6.54 Å². The van der Waals surface area contributed by atoms with Crippen molar-refractivity contribution in [3.63, 3.8) is 0 Å². The van der Waals surface area contributed by atoms with Gasteiger partial charge in [0.05, 0.1) is 30.1 Å². The Morgan fingerprint density at radius 3 is 2.62 bits per heavy atom. The van der Waals surface area contributed by atoms with E-state index in [1.54, 1.807) is 18.9 Å². The third kappa shape index (κ3) is 2.41. The van der Waals surface area contributed by atoms with Crippen LogP contribution in [0.15, 0.2) is 61.4 Å². The minimum absolute atomic E-state index is 0.579. The summed E-state index contributed by atoms with van der Waals surface area (Å²) >= 11 is 0. The molecule has 0 aliphatic carbocycles. The van der Waals surface area contributed by atoms with Crippen LogP contribution in [0, 0.1) is 6.92 Å². The summed E-state index contributed by atoms with van der Waals surface area (Å²) < 4.78 is 3.89. The average Bonchev–Trinajstić information content (AvgIpc) is 3.27. The Morgan fingerprint density at radius 2 is 1.73 bits per heavy atom. The molecular weight excluding hydrogens is 326 g/mol. The van der Waals surface area contributed by atoms with Crippen molar-refractivity contribution in [2.45, 2.75) is 13.5 Å². The number of nitrogens with zero attached hydrogens (tertiary/aromatic N) is 7. The Morgan fingerprint density at radius 1 is 0.846 bits per heavy atom. The van der Waals surface area contributed by atoms with Crippen LogP contribution in [0.25, 0.3) is 28.1 Å². The molecule has 0 amide bonds. The quantitative estimate of drug-likeness (QED) is 0.504. The summed E-state index contributed by atoms with van der Waals surface area (Å²) in [6.07, 6.45) is 7.16. The second kappa shape index (κ2) is 5.73. The van der Waals surface area contributed by atoms with Gasteiger partial charge in [0.2, 0.25) is 5.95 Å². The van der Waals surface area contributed by atoms with Crippen molar-refractivity contribution >= 4 is 22.2 Å². The van der Waals surface area contributed by atoms with E-state index in [0.29, 0.717) is 12.5 Å². The van der Waals surface area contributed by atoms with Gasteiger partial charge in [-0.15, -0.1) is 0 Å². The van der Waals surface area contributed by atoms with Crippen LogP contribution in [0.5, 0.6) is 0 Å². The second-order valence-corrected chi connectivity index (χ2v) is 6.16. The molecule has 4 heterocycles. The van der Waals surface area contributed by atoms with E-state index in [9.17, 15) is 0 Å². The Kier molecular flexibility index (Phi) is 3.24. The molecule has 4 aromatic heterocycles. The number of hydrogen-bond acceptors (Lipinski definition) is 5. The zero-order chi connectivity index (χ0) is 17.5. The van der Waals surface area contributed by atoms with Gasteiger partial charge < -0.3 is 4.57 Å². The van der Waals surface area contributed by atoms with E-state index in [-0.39, 0.29) is 0 Å². The number of fused-ring (bicyclic) bond motifs is 2. The van der Waals surface area contributed by atoms with Crippen molar-refractivity contribution in [2.75, 3.05) is 0 Å². The van der Waals surface area contributed by atoms with E-state index in [0.717, 1.165) is 33.5 Å². The molecule has 0 atom stereocenters. The molecule has 1 aromatic carbocycles. The Labute approximate surface area is 149 Å². The second-order valence-electron chi connectivity index (χ2n) is 6.16. The first-order valence-corrected chi connectivity index (χ1v) is 8.30. The predicted molar refractivity (Wildman–Crippen MR) is 98.0 cm³/mol. The van der Waals surface area contributed by atoms with Gasteiger partial charge in [-0.1, -0.05) is 18.2 Å².